The first-order valence-electron chi connectivity index (χ1n) is 6.66. The maximum absolute atomic E-state index is 12.3. The van der Waals surface area contributed by atoms with Gasteiger partial charge >= 0.3 is 0 Å². The summed E-state index contributed by atoms with van der Waals surface area (Å²) in [5.74, 6) is 0.632. The van der Waals surface area contributed by atoms with E-state index in [0.29, 0.717) is 16.8 Å². The number of hydrogen-bond acceptors (Lipinski definition) is 4. The molecule has 2 atom stereocenters. The molecular formula is C14H17N3OS. The zero-order chi connectivity index (χ0) is 13.1. The lowest BCUT2D eigenvalue weighted by Gasteiger charge is -2.22. The number of hydrogen-bond donors (Lipinski definition) is 1. The van der Waals surface area contributed by atoms with E-state index in [2.05, 4.69) is 15.3 Å². The summed E-state index contributed by atoms with van der Waals surface area (Å²) in [6.45, 7) is 1.03. The standard InChI is InChI=1S/C14H17N3OS/c18-19(10-11-5-3-4-8-15-11)14-9-16-12-6-1-2-7-13(12)17-14/h1-2,6-7,9,11,15H,3-5,8,10H2/t11-,19-/m0/s1. The fourth-order valence-corrected chi connectivity index (χ4v) is 3.58. The number of fused-ring (bicyclic) bond motifs is 1. The number of piperidine rings is 1. The molecule has 0 aliphatic carbocycles. The Morgan fingerprint density at radius 3 is 2.89 bits per heavy atom. The fraction of sp³-hybridized carbons (Fsp3) is 0.429. The highest BCUT2D eigenvalue weighted by Crippen LogP contribution is 2.14. The van der Waals surface area contributed by atoms with Crippen LogP contribution in [-0.2, 0) is 10.8 Å². The van der Waals surface area contributed by atoms with E-state index in [9.17, 15) is 4.21 Å². The van der Waals surface area contributed by atoms with Crippen molar-refractivity contribution in [3.05, 3.63) is 30.5 Å². The van der Waals surface area contributed by atoms with Gasteiger partial charge in [0.05, 0.1) is 28.0 Å². The van der Waals surface area contributed by atoms with Gasteiger partial charge in [-0.1, -0.05) is 18.6 Å². The van der Waals surface area contributed by atoms with Gasteiger partial charge in [-0.15, -0.1) is 0 Å². The van der Waals surface area contributed by atoms with Gasteiger partial charge in [-0.2, -0.15) is 0 Å². The van der Waals surface area contributed by atoms with Crippen molar-refractivity contribution in [1.82, 2.24) is 15.3 Å². The Labute approximate surface area is 115 Å². The van der Waals surface area contributed by atoms with E-state index < -0.39 is 10.8 Å². The lowest BCUT2D eigenvalue weighted by Crippen LogP contribution is -2.38. The molecule has 0 saturated carbocycles. The van der Waals surface area contributed by atoms with Crippen LogP contribution in [0.2, 0.25) is 0 Å². The van der Waals surface area contributed by atoms with Crippen molar-refractivity contribution in [3.8, 4) is 0 Å². The Hall–Kier alpha value is -1.33. The number of nitrogens with zero attached hydrogens (tertiary/aromatic N) is 2. The third kappa shape index (κ3) is 2.98. The van der Waals surface area contributed by atoms with Crippen LogP contribution in [0, 0.1) is 0 Å². The molecule has 2 aromatic rings. The van der Waals surface area contributed by atoms with Crippen molar-refractivity contribution in [3.63, 3.8) is 0 Å². The van der Waals surface area contributed by atoms with Gasteiger partial charge in [-0.05, 0) is 31.5 Å². The summed E-state index contributed by atoms with van der Waals surface area (Å²) in [5.41, 5.74) is 1.66. The molecule has 0 amide bonds. The smallest absolute Gasteiger partial charge is 0.146 e. The Balaban J connectivity index is 1.77. The highest BCUT2D eigenvalue weighted by Gasteiger charge is 2.17. The maximum atomic E-state index is 12.3. The topological polar surface area (TPSA) is 54.9 Å². The zero-order valence-corrected chi connectivity index (χ0v) is 11.5. The SMILES string of the molecule is O=[S@@](C[C@@H]1CCCCN1)c1cnc2ccccc2n1. The molecule has 0 radical (unpaired) electrons. The number of para-hydroxylation sites is 2. The molecule has 19 heavy (non-hydrogen) atoms. The average molecular weight is 275 g/mol. The van der Waals surface area contributed by atoms with Crippen molar-refractivity contribution >= 4 is 21.8 Å². The molecule has 3 rings (SSSR count). The van der Waals surface area contributed by atoms with Crippen LogP contribution in [0.3, 0.4) is 0 Å². The molecule has 1 saturated heterocycles. The highest BCUT2D eigenvalue weighted by molar-refractivity contribution is 7.85. The lowest BCUT2D eigenvalue weighted by atomic mass is 10.1. The van der Waals surface area contributed by atoms with Gasteiger partial charge < -0.3 is 5.32 Å². The molecule has 0 bridgehead atoms. The summed E-state index contributed by atoms with van der Waals surface area (Å²) < 4.78 is 12.3. The molecule has 0 unspecified atom stereocenters. The molecule has 1 aliphatic heterocycles. The summed E-state index contributed by atoms with van der Waals surface area (Å²) in [6.07, 6.45) is 5.19. The second kappa shape index (κ2) is 5.75. The van der Waals surface area contributed by atoms with Gasteiger partial charge in [0.2, 0.25) is 0 Å². The van der Waals surface area contributed by atoms with Gasteiger partial charge in [-0.3, -0.25) is 9.19 Å². The molecule has 0 spiro atoms. The van der Waals surface area contributed by atoms with Crippen LogP contribution in [0.25, 0.3) is 11.0 Å². The van der Waals surface area contributed by atoms with E-state index in [1.807, 2.05) is 24.3 Å². The van der Waals surface area contributed by atoms with Crippen LogP contribution in [0.1, 0.15) is 19.3 Å². The van der Waals surface area contributed by atoms with Crippen LogP contribution in [-0.4, -0.2) is 32.5 Å². The van der Waals surface area contributed by atoms with Gasteiger partial charge in [0, 0.05) is 11.8 Å². The molecule has 5 heteroatoms. The van der Waals surface area contributed by atoms with Crippen LogP contribution < -0.4 is 5.32 Å². The van der Waals surface area contributed by atoms with Gasteiger partial charge in [0.25, 0.3) is 0 Å². The predicted molar refractivity (Wildman–Crippen MR) is 76.5 cm³/mol. The monoisotopic (exact) mass is 275 g/mol. The molecule has 1 aliphatic rings. The average Bonchev–Trinajstić information content (AvgIpc) is 2.48. The molecule has 1 N–H and O–H groups in total. The zero-order valence-electron chi connectivity index (χ0n) is 10.7. The Morgan fingerprint density at radius 1 is 1.26 bits per heavy atom. The van der Waals surface area contributed by atoms with Crippen molar-refractivity contribution < 1.29 is 4.21 Å². The minimum Gasteiger partial charge on any atom is -0.313 e. The quantitative estimate of drug-likeness (QED) is 0.929. The van der Waals surface area contributed by atoms with E-state index in [1.165, 1.54) is 12.8 Å². The molecule has 1 aromatic carbocycles. The predicted octanol–water partition coefficient (Wildman–Crippen LogP) is 1.88. The normalized spacial score (nSPS) is 21.4. The molecule has 1 aromatic heterocycles. The summed E-state index contributed by atoms with van der Waals surface area (Å²) in [7, 11) is -1.07. The van der Waals surface area contributed by atoms with E-state index in [0.717, 1.165) is 24.0 Å². The number of nitrogens with one attached hydrogen (secondary N) is 1. The largest absolute Gasteiger partial charge is 0.313 e. The summed E-state index contributed by atoms with van der Waals surface area (Å²) in [6, 6.07) is 8.02. The van der Waals surface area contributed by atoms with Crippen LogP contribution >= 0.6 is 0 Å². The van der Waals surface area contributed by atoms with E-state index in [1.54, 1.807) is 6.20 Å². The van der Waals surface area contributed by atoms with Crippen molar-refractivity contribution in [2.24, 2.45) is 0 Å². The summed E-state index contributed by atoms with van der Waals surface area (Å²) in [4.78, 5) is 8.77. The van der Waals surface area contributed by atoms with Gasteiger partial charge in [0.15, 0.2) is 0 Å². The number of benzene rings is 1. The van der Waals surface area contributed by atoms with E-state index in [-0.39, 0.29) is 0 Å². The Bertz CT molecular complexity index is 596. The molecular weight excluding hydrogens is 258 g/mol. The Morgan fingerprint density at radius 2 is 2.11 bits per heavy atom. The van der Waals surface area contributed by atoms with Crippen molar-refractivity contribution in [2.75, 3.05) is 12.3 Å². The molecule has 100 valence electrons. The first kappa shape index (κ1) is 12.7. The first-order chi connectivity index (χ1) is 9.33. The van der Waals surface area contributed by atoms with Crippen molar-refractivity contribution in [2.45, 2.75) is 30.3 Å². The van der Waals surface area contributed by atoms with E-state index in [4.69, 9.17) is 0 Å². The third-order valence-electron chi connectivity index (χ3n) is 3.42. The molecule has 2 heterocycles. The second-order valence-electron chi connectivity index (χ2n) is 4.86. The van der Waals surface area contributed by atoms with E-state index >= 15 is 0 Å². The molecule has 4 nitrogen and oxygen atoms in total. The van der Waals surface area contributed by atoms with Gasteiger partial charge in [0.1, 0.15) is 5.03 Å². The van der Waals surface area contributed by atoms with Crippen LogP contribution in [0.4, 0.5) is 0 Å². The summed E-state index contributed by atoms with van der Waals surface area (Å²) in [5, 5.41) is 4.00. The fourth-order valence-electron chi connectivity index (χ4n) is 2.38. The first-order valence-corrected chi connectivity index (χ1v) is 7.98. The Kier molecular flexibility index (Phi) is 3.84. The summed E-state index contributed by atoms with van der Waals surface area (Å²) >= 11 is 0. The third-order valence-corrected chi connectivity index (χ3v) is 4.79. The highest BCUT2D eigenvalue weighted by atomic mass is 32.2. The minimum absolute atomic E-state index is 0.350. The molecule has 1 fully saturated rings. The van der Waals surface area contributed by atoms with Crippen LogP contribution in [0.15, 0.2) is 35.5 Å². The number of rotatable bonds is 3. The second-order valence-corrected chi connectivity index (χ2v) is 6.30. The number of aromatic nitrogens is 2. The lowest BCUT2D eigenvalue weighted by molar-refractivity contribution is 0.427. The maximum Gasteiger partial charge on any atom is 0.146 e. The van der Waals surface area contributed by atoms with Crippen LogP contribution in [0.5, 0.6) is 0 Å². The van der Waals surface area contributed by atoms with Gasteiger partial charge in [-0.25, -0.2) is 4.98 Å². The van der Waals surface area contributed by atoms with Crippen molar-refractivity contribution in [1.29, 1.82) is 0 Å². The minimum atomic E-state index is -1.07.